The SMILES string of the molecule is CC(C)c1nn(C)c2sc(C(=O)NCC3(CO)CC3)cc12. The molecular weight excluding hydrogens is 286 g/mol. The lowest BCUT2D eigenvalue weighted by Crippen LogP contribution is -2.31. The van der Waals surface area contributed by atoms with Crippen molar-refractivity contribution >= 4 is 27.5 Å². The molecule has 0 saturated heterocycles. The van der Waals surface area contributed by atoms with Gasteiger partial charge in [0.05, 0.1) is 17.2 Å². The number of nitrogens with zero attached hydrogens (tertiary/aromatic N) is 2. The minimum Gasteiger partial charge on any atom is -0.396 e. The van der Waals surface area contributed by atoms with E-state index in [4.69, 9.17) is 0 Å². The zero-order valence-electron chi connectivity index (χ0n) is 12.6. The quantitative estimate of drug-likeness (QED) is 0.890. The number of aryl methyl sites for hydroxylation is 1. The summed E-state index contributed by atoms with van der Waals surface area (Å²) < 4.78 is 1.85. The summed E-state index contributed by atoms with van der Waals surface area (Å²) in [7, 11) is 1.91. The maximum atomic E-state index is 12.3. The van der Waals surface area contributed by atoms with Crippen molar-refractivity contribution in [3.63, 3.8) is 0 Å². The van der Waals surface area contributed by atoms with Gasteiger partial charge in [0.15, 0.2) is 0 Å². The number of fused-ring (bicyclic) bond motifs is 1. The maximum absolute atomic E-state index is 12.3. The smallest absolute Gasteiger partial charge is 0.261 e. The highest BCUT2D eigenvalue weighted by atomic mass is 32.1. The summed E-state index contributed by atoms with van der Waals surface area (Å²) in [5.41, 5.74) is 0.980. The molecule has 0 radical (unpaired) electrons. The molecular formula is C15H21N3O2S. The minimum atomic E-state index is -0.0585. The van der Waals surface area contributed by atoms with Crippen LogP contribution in [-0.4, -0.2) is 33.9 Å². The van der Waals surface area contributed by atoms with E-state index in [1.54, 1.807) is 0 Å². The van der Waals surface area contributed by atoms with Gasteiger partial charge in [0.1, 0.15) is 4.83 Å². The topological polar surface area (TPSA) is 67.2 Å². The van der Waals surface area contributed by atoms with Crippen LogP contribution >= 0.6 is 11.3 Å². The predicted octanol–water partition coefficient (Wildman–Crippen LogP) is 2.26. The van der Waals surface area contributed by atoms with E-state index in [1.807, 2.05) is 17.8 Å². The van der Waals surface area contributed by atoms with Crippen LogP contribution in [0.2, 0.25) is 0 Å². The van der Waals surface area contributed by atoms with Crippen molar-refractivity contribution in [2.45, 2.75) is 32.6 Å². The highest BCUT2D eigenvalue weighted by molar-refractivity contribution is 7.20. The van der Waals surface area contributed by atoms with Gasteiger partial charge in [-0.25, -0.2) is 0 Å². The van der Waals surface area contributed by atoms with Gasteiger partial charge in [-0.05, 0) is 24.8 Å². The average Bonchev–Trinajstić information content (AvgIpc) is 2.99. The number of carbonyl (C=O) groups excluding carboxylic acids is 1. The van der Waals surface area contributed by atoms with E-state index in [0.717, 1.165) is 28.8 Å². The van der Waals surface area contributed by atoms with Crippen LogP contribution in [0.25, 0.3) is 10.2 Å². The van der Waals surface area contributed by atoms with Gasteiger partial charge in [-0.15, -0.1) is 11.3 Å². The molecule has 2 heterocycles. The van der Waals surface area contributed by atoms with Crippen LogP contribution in [0, 0.1) is 5.41 Å². The molecule has 0 bridgehead atoms. The second kappa shape index (κ2) is 5.10. The van der Waals surface area contributed by atoms with Crippen LogP contribution in [0.3, 0.4) is 0 Å². The number of aromatic nitrogens is 2. The summed E-state index contributed by atoms with van der Waals surface area (Å²) in [6.45, 7) is 4.93. The minimum absolute atomic E-state index is 0.0503. The van der Waals surface area contributed by atoms with E-state index >= 15 is 0 Å². The normalized spacial score (nSPS) is 16.6. The molecule has 1 saturated carbocycles. The molecule has 0 aliphatic heterocycles. The number of carbonyl (C=O) groups is 1. The van der Waals surface area contributed by atoms with Gasteiger partial charge in [-0.1, -0.05) is 13.8 Å². The van der Waals surface area contributed by atoms with Crippen LogP contribution < -0.4 is 5.32 Å². The summed E-state index contributed by atoms with van der Waals surface area (Å²) in [5.74, 6) is 0.286. The van der Waals surface area contributed by atoms with Crippen molar-refractivity contribution in [3.8, 4) is 0 Å². The van der Waals surface area contributed by atoms with Gasteiger partial charge in [-0.2, -0.15) is 5.10 Å². The van der Waals surface area contributed by atoms with E-state index in [0.29, 0.717) is 17.3 Å². The standard InChI is InChI=1S/C15H21N3O2S/c1-9(2)12-10-6-11(21-14(10)18(3)17-12)13(20)16-7-15(8-19)4-5-15/h6,9,19H,4-5,7-8H2,1-3H3,(H,16,20). The Hall–Kier alpha value is -1.40. The summed E-state index contributed by atoms with van der Waals surface area (Å²) >= 11 is 1.47. The van der Waals surface area contributed by atoms with E-state index in [9.17, 15) is 9.90 Å². The molecule has 0 unspecified atom stereocenters. The zero-order chi connectivity index (χ0) is 15.2. The third-order valence-electron chi connectivity index (χ3n) is 4.23. The number of nitrogens with one attached hydrogen (secondary N) is 1. The van der Waals surface area contributed by atoms with Crippen molar-refractivity contribution in [1.29, 1.82) is 0 Å². The Labute approximate surface area is 128 Å². The Morgan fingerprint density at radius 2 is 2.29 bits per heavy atom. The molecule has 114 valence electrons. The molecule has 1 aliphatic rings. The molecule has 6 heteroatoms. The lowest BCUT2D eigenvalue weighted by molar-refractivity contribution is 0.0939. The molecule has 5 nitrogen and oxygen atoms in total. The number of rotatable bonds is 5. The summed E-state index contributed by atoms with van der Waals surface area (Å²) in [6, 6.07) is 1.94. The van der Waals surface area contributed by atoms with Crippen LogP contribution in [0.1, 0.15) is 48.0 Å². The Morgan fingerprint density at radius 3 is 2.86 bits per heavy atom. The summed E-state index contributed by atoms with van der Waals surface area (Å²) in [5, 5.41) is 17.8. The van der Waals surface area contributed by atoms with Gasteiger partial charge in [0.2, 0.25) is 0 Å². The first-order valence-corrected chi connectivity index (χ1v) is 8.13. The van der Waals surface area contributed by atoms with E-state index in [-0.39, 0.29) is 17.9 Å². The largest absolute Gasteiger partial charge is 0.396 e. The third kappa shape index (κ3) is 2.58. The van der Waals surface area contributed by atoms with Gasteiger partial charge in [0.25, 0.3) is 5.91 Å². The number of amides is 1. The molecule has 0 spiro atoms. The lowest BCUT2D eigenvalue weighted by Gasteiger charge is -2.11. The van der Waals surface area contributed by atoms with Crippen LogP contribution in [-0.2, 0) is 7.05 Å². The zero-order valence-corrected chi connectivity index (χ0v) is 13.5. The number of aliphatic hydroxyl groups excluding tert-OH is 1. The van der Waals surface area contributed by atoms with Crippen molar-refractivity contribution in [2.75, 3.05) is 13.2 Å². The molecule has 2 N–H and O–H groups in total. The van der Waals surface area contributed by atoms with Crippen molar-refractivity contribution in [3.05, 3.63) is 16.6 Å². The molecule has 1 amide bonds. The number of hydrogen-bond acceptors (Lipinski definition) is 4. The number of aliphatic hydroxyl groups is 1. The first-order valence-electron chi connectivity index (χ1n) is 7.31. The van der Waals surface area contributed by atoms with Crippen LogP contribution in [0.15, 0.2) is 6.07 Å². The van der Waals surface area contributed by atoms with Gasteiger partial charge in [0, 0.05) is 24.4 Å². The molecule has 2 aromatic rings. The number of hydrogen-bond donors (Lipinski definition) is 2. The Bertz CT molecular complexity index is 682. The van der Waals surface area contributed by atoms with Crippen molar-refractivity contribution < 1.29 is 9.90 Å². The molecule has 3 rings (SSSR count). The van der Waals surface area contributed by atoms with Crippen LogP contribution in [0.4, 0.5) is 0 Å². The van der Waals surface area contributed by atoms with Crippen LogP contribution in [0.5, 0.6) is 0 Å². The summed E-state index contributed by atoms with van der Waals surface area (Å²) in [4.78, 5) is 14.0. The second-order valence-corrected chi connectivity index (χ2v) is 7.36. The lowest BCUT2D eigenvalue weighted by atomic mass is 10.1. The molecule has 0 aromatic carbocycles. The fraction of sp³-hybridized carbons (Fsp3) is 0.600. The van der Waals surface area contributed by atoms with E-state index in [1.165, 1.54) is 11.3 Å². The van der Waals surface area contributed by atoms with Crippen molar-refractivity contribution in [1.82, 2.24) is 15.1 Å². The Kier molecular flexibility index (Phi) is 3.53. The van der Waals surface area contributed by atoms with E-state index < -0.39 is 0 Å². The average molecular weight is 307 g/mol. The Morgan fingerprint density at radius 1 is 1.57 bits per heavy atom. The number of thiophene rings is 1. The predicted molar refractivity (Wildman–Crippen MR) is 83.8 cm³/mol. The highest BCUT2D eigenvalue weighted by Crippen LogP contribution is 2.44. The van der Waals surface area contributed by atoms with Crippen molar-refractivity contribution in [2.24, 2.45) is 12.5 Å². The molecule has 2 aromatic heterocycles. The third-order valence-corrected chi connectivity index (χ3v) is 5.43. The monoisotopic (exact) mass is 307 g/mol. The van der Waals surface area contributed by atoms with E-state index in [2.05, 4.69) is 24.3 Å². The molecule has 0 atom stereocenters. The maximum Gasteiger partial charge on any atom is 0.261 e. The Balaban J connectivity index is 1.80. The molecule has 21 heavy (non-hydrogen) atoms. The fourth-order valence-corrected chi connectivity index (χ4v) is 3.52. The first-order chi connectivity index (χ1) is 9.96. The molecule has 1 aliphatic carbocycles. The van der Waals surface area contributed by atoms with Gasteiger partial charge < -0.3 is 10.4 Å². The second-order valence-electron chi connectivity index (χ2n) is 6.33. The first kappa shape index (κ1) is 14.5. The van der Waals surface area contributed by atoms with Gasteiger partial charge >= 0.3 is 0 Å². The van der Waals surface area contributed by atoms with Gasteiger partial charge in [-0.3, -0.25) is 9.48 Å². The highest BCUT2D eigenvalue weighted by Gasteiger charge is 2.42. The fourth-order valence-electron chi connectivity index (χ4n) is 2.53. The molecule has 1 fully saturated rings. The summed E-state index contributed by atoms with van der Waals surface area (Å²) in [6.07, 6.45) is 2.00.